The Kier molecular flexibility index (Phi) is 7.00. The number of nitrogens with zero attached hydrogens (tertiary/aromatic N) is 1. The van der Waals surface area contributed by atoms with E-state index in [9.17, 15) is 14.3 Å². The third kappa shape index (κ3) is 5.65. The van der Waals surface area contributed by atoms with Crippen LogP contribution in [0.2, 0.25) is 0 Å². The minimum absolute atomic E-state index is 0.0423. The van der Waals surface area contributed by atoms with Gasteiger partial charge in [-0.3, -0.25) is 4.79 Å². The van der Waals surface area contributed by atoms with Crippen LogP contribution in [-0.2, 0) is 17.6 Å². The first-order valence-corrected chi connectivity index (χ1v) is 12.5. The first kappa shape index (κ1) is 23.4. The minimum Gasteiger partial charge on any atom is -0.508 e. The summed E-state index contributed by atoms with van der Waals surface area (Å²) in [6.45, 7) is 1.78. The Labute approximate surface area is 206 Å². The maximum atomic E-state index is 13.6. The highest BCUT2D eigenvalue weighted by Crippen LogP contribution is 2.37. The van der Waals surface area contributed by atoms with Gasteiger partial charge in [0.25, 0.3) is 0 Å². The quantitative estimate of drug-likeness (QED) is 0.452. The smallest absolute Gasteiger partial charge is 0.225 e. The second-order valence-corrected chi connectivity index (χ2v) is 9.62. The van der Waals surface area contributed by atoms with Gasteiger partial charge in [0.05, 0.1) is 6.04 Å². The number of phenols is 1. The van der Waals surface area contributed by atoms with Gasteiger partial charge >= 0.3 is 0 Å². The molecule has 3 N–H and O–H groups in total. The van der Waals surface area contributed by atoms with Crippen LogP contribution in [0, 0.1) is 5.82 Å². The Hall–Kier alpha value is -3.38. The summed E-state index contributed by atoms with van der Waals surface area (Å²) in [6, 6.07) is 20.6. The fourth-order valence-electron chi connectivity index (χ4n) is 5.34. The van der Waals surface area contributed by atoms with Crippen LogP contribution in [0.15, 0.2) is 66.7 Å². The van der Waals surface area contributed by atoms with Crippen LogP contribution in [0.3, 0.4) is 0 Å². The maximum absolute atomic E-state index is 13.6. The monoisotopic (exact) mass is 473 g/mol. The molecule has 0 bridgehead atoms. The zero-order valence-electron chi connectivity index (χ0n) is 19.8. The number of anilines is 2. The fraction of sp³-hybridized carbons (Fsp3) is 0.345. The molecule has 1 saturated heterocycles. The average Bonchev–Trinajstić information content (AvgIpc) is 2.86. The van der Waals surface area contributed by atoms with E-state index < -0.39 is 0 Å². The van der Waals surface area contributed by atoms with Gasteiger partial charge in [-0.05, 0) is 97.4 Å². The number of carbonyl (C=O) groups is 1. The molecule has 6 heteroatoms. The lowest BCUT2D eigenvalue weighted by atomic mass is 9.88. The summed E-state index contributed by atoms with van der Waals surface area (Å²) in [4.78, 5) is 14.8. The second kappa shape index (κ2) is 10.5. The Morgan fingerprint density at radius 2 is 1.86 bits per heavy atom. The molecule has 0 aliphatic carbocycles. The molecule has 182 valence electrons. The zero-order chi connectivity index (χ0) is 24.2. The topological polar surface area (TPSA) is 64.6 Å². The van der Waals surface area contributed by atoms with Crippen molar-refractivity contribution in [1.29, 1.82) is 0 Å². The number of piperidine rings is 1. The predicted octanol–water partition coefficient (Wildman–Crippen LogP) is 5.35. The summed E-state index contributed by atoms with van der Waals surface area (Å²) >= 11 is 0. The highest BCUT2D eigenvalue weighted by Gasteiger charge is 2.28. The highest BCUT2D eigenvalue weighted by atomic mass is 19.1. The van der Waals surface area contributed by atoms with E-state index in [2.05, 4.69) is 27.7 Å². The van der Waals surface area contributed by atoms with Crippen molar-refractivity contribution in [1.82, 2.24) is 5.32 Å². The number of amides is 1. The number of benzene rings is 3. The molecule has 3 aromatic rings. The first-order chi connectivity index (χ1) is 17.0. The zero-order valence-corrected chi connectivity index (χ0v) is 19.8. The van der Waals surface area contributed by atoms with Crippen molar-refractivity contribution in [3.8, 4) is 5.75 Å². The standard InChI is InChI=1S/C29H32FN3O2/c30-22-6-10-25(11-7-22)33-16-14-21-18-26(34)12-13-27(21)28(33)17-20-4-8-23(9-5-20)32-29(35)19-24-3-1-2-15-31-24/h4-13,18,24,28,31,34H,1-3,14-17,19H2,(H,32,35). The van der Waals surface area contributed by atoms with Crippen LogP contribution < -0.4 is 15.5 Å². The van der Waals surface area contributed by atoms with E-state index in [1.165, 1.54) is 30.5 Å². The number of aromatic hydroxyl groups is 1. The minimum atomic E-state index is -0.246. The van der Waals surface area contributed by atoms with Gasteiger partial charge in [-0.25, -0.2) is 4.39 Å². The lowest BCUT2D eigenvalue weighted by molar-refractivity contribution is -0.116. The maximum Gasteiger partial charge on any atom is 0.225 e. The molecule has 0 aromatic heterocycles. The van der Waals surface area contributed by atoms with Crippen LogP contribution >= 0.6 is 0 Å². The van der Waals surface area contributed by atoms with E-state index in [0.29, 0.717) is 6.42 Å². The number of halogens is 1. The normalized spacial score (nSPS) is 19.7. The molecule has 2 aliphatic rings. The van der Waals surface area contributed by atoms with Crippen molar-refractivity contribution >= 4 is 17.3 Å². The summed E-state index contributed by atoms with van der Waals surface area (Å²) < 4.78 is 13.6. The van der Waals surface area contributed by atoms with Crippen molar-refractivity contribution in [2.24, 2.45) is 0 Å². The third-order valence-electron chi connectivity index (χ3n) is 7.15. The van der Waals surface area contributed by atoms with Gasteiger partial charge in [-0.15, -0.1) is 0 Å². The average molecular weight is 474 g/mol. The van der Waals surface area contributed by atoms with Gasteiger partial charge in [0.2, 0.25) is 5.91 Å². The molecule has 2 heterocycles. The van der Waals surface area contributed by atoms with Crippen LogP contribution in [-0.4, -0.2) is 30.1 Å². The van der Waals surface area contributed by atoms with Crippen LogP contribution in [0.5, 0.6) is 5.75 Å². The largest absolute Gasteiger partial charge is 0.508 e. The Morgan fingerprint density at radius 3 is 2.60 bits per heavy atom. The summed E-state index contributed by atoms with van der Waals surface area (Å²) in [5.74, 6) is 0.0754. The molecule has 1 amide bonds. The van der Waals surface area contributed by atoms with E-state index in [4.69, 9.17) is 0 Å². The van der Waals surface area contributed by atoms with Gasteiger partial charge in [0.15, 0.2) is 0 Å². The number of carbonyl (C=O) groups excluding carboxylic acids is 1. The Morgan fingerprint density at radius 1 is 1.06 bits per heavy atom. The molecular weight excluding hydrogens is 441 g/mol. The van der Waals surface area contributed by atoms with E-state index in [1.807, 2.05) is 36.4 Å². The lowest BCUT2D eigenvalue weighted by Gasteiger charge is -2.39. The molecule has 0 saturated carbocycles. The van der Waals surface area contributed by atoms with Crippen molar-refractivity contribution < 1.29 is 14.3 Å². The summed E-state index contributed by atoms with van der Waals surface area (Å²) in [5.41, 5.74) is 5.26. The summed E-state index contributed by atoms with van der Waals surface area (Å²) in [5, 5.41) is 16.4. The van der Waals surface area contributed by atoms with Crippen LogP contribution in [0.1, 0.15) is 48.4 Å². The first-order valence-electron chi connectivity index (χ1n) is 12.5. The number of nitrogens with one attached hydrogen (secondary N) is 2. The number of fused-ring (bicyclic) bond motifs is 1. The van der Waals surface area contributed by atoms with Gasteiger partial charge in [-0.1, -0.05) is 24.6 Å². The molecule has 5 nitrogen and oxygen atoms in total. The molecule has 2 aliphatic heterocycles. The molecule has 1 fully saturated rings. The van der Waals surface area contributed by atoms with Gasteiger partial charge < -0.3 is 20.6 Å². The van der Waals surface area contributed by atoms with Crippen LogP contribution in [0.4, 0.5) is 15.8 Å². The molecule has 5 rings (SSSR count). The SMILES string of the molecule is O=C(CC1CCCCN1)Nc1ccc(CC2c3ccc(O)cc3CCN2c2ccc(F)cc2)cc1. The van der Waals surface area contributed by atoms with Crippen molar-refractivity contribution in [2.75, 3.05) is 23.3 Å². The molecular formula is C29H32FN3O2. The lowest BCUT2D eigenvalue weighted by Crippen LogP contribution is -2.37. The van der Waals surface area contributed by atoms with Crippen LogP contribution in [0.25, 0.3) is 0 Å². The van der Waals surface area contributed by atoms with Gasteiger partial charge in [0, 0.05) is 30.4 Å². The number of hydrogen-bond donors (Lipinski definition) is 3. The van der Waals surface area contributed by atoms with Crippen molar-refractivity contribution in [3.05, 3.63) is 89.2 Å². The number of hydrogen-bond acceptors (Lipinski definition) is 4. The summed E-state index contributed by atoms with van der Waals surface area (Å²) in [6.07, 6.45) is 5.49. The van der Waals surface area contributed by atoms with E-state index in [0.717, 1.165) is 54.9 Å². The third-order valence-corrected chi connectivity index (χ3v) is 7.15. The molecule has 0 radical (unpaired) electrons. The fourth-order valence-corrected chi connectivity index (χ4v) is 5.34. The molecule has 0 spiro atoms. The van der Waals surface area contributed by atoms with E-state index in [1.54, 1.807) is 6.07 Å². The molecule has 3 aromatic carbocycles. The predicted molar refractivity (Wildman–Crippen MR) is 137 cm³/mol. The van der Waals surface area contributed by atoms with E-state index >= 15 is 0 Å². The molecule has 35 heavy (non-hydrogen) atoms. The molecule has 2 unspecified atom stereocenters. The number of phenolic OH excluding ortho intramolecular Hbond substituents is 1. The van der Waals surface area contributed by atoms with Gasteiger partial charge in [0.1, 0.15) is 11.6 Å². The molecule has 2 atom stereocenters. The second-order valence-electron chi connectivity index (χ2n) is 9.62. The highest BCUT2D eigenvalue weighted by molar-refractivity contribution is 5.91. The Bertz CT molecular complexity index is 1160. The number of rotatable bonds is 6. The Balaban J connectivity index is 1.31. The van der Waals surface area contributed by atoms with E-state index in [-0.39, 0.29) is 29.6 Å². The van der Waals surface area contributed by atoms with Crippen molar-refractivity contribution in [2.45, 2.75) is 50.6 Å². The van der Waals surface area contributed by atoms with Gasteiger partial charge in [-0.2, -0.15) is 0 Å². The van der Waals surface area contributed by atoms with Crippen molar-refractivity contribution in [3.63, 3.8) is 0 Å². The summed E-state index contributed by atoms with van der Waals surface area (Å²) in [7, 11) is 0.